The van der Waals surface area contributed by atoms with E-state index < -0.39 is 16.0 Å². The molecule has 3 aromatic carbocycles. The lowest BCUT2D eigenvalue weighted by Crippen LogP contribution is -2.46. The molecule has 0 saturated carbocycles. The summed E-state index contributed by atoms with van der Waals surface area (Å²) >= 11 is 0. The van der Waals surface area contributed by atoms with Crippen molar-refractivity contribution in [2.45, 2.75) is 17.9 Å². The number of piperazine rings is 1. The van der Waals surface area contributed by atoms with Gasteiger partial charge in [-0.1, -0.05) is 30.3 Å². The molecule has 208 valence electrons. The van der Waals surface area contributed by atoms with Gasteiger partial charge in [-0.15, -0.1) is 0 Å². The van der Waals surface area contributed by atoms with Crippen LogP contribution >= 0.6 is 0 Å². The number of nitrogens with one attached hydrogen (secondary N) is 3. The zero-order chi connectivity index (χ0) is 28.0. The topological polar surface area (TPSA) is 137 Å². The number of nitrogens with zero attached hydrogens (tertiary/aromatic N) is 3. The van der Waals surface area contributed by atoms with Crippen LogP contribution < -0.4 is 15.1 Å². The Kier molecular flexibility index (Phi) is 8.39. The third-order valence-electron chi connectivity index (χ3n) is 6.61. The van der Waals surface area contributed by atoms with E-state index in [1.54, 1.807) is 35.2 Å². The number of hydrogen-bond acceptors (Lipinski definition) is 8. The van der Waals surface area contributed by atoms with Gasteiger partial charge in [-0.05, 0) is 53.4 Å². The zero-order valence-corrected chi connectivity index (χ0v) is 22.6. The number of aromatic nitrogens is 2. The molecule has 11 nitrogen and oxygen atoms in total. The van der Waals surface area contributed by atoms with E-state index in [1.165, 1.54) is 12.1 Å². The number of para-hydroxylation sites is 2. The van der Waals surface area contributed by atoms with Crippen LogP contribution in [-0.4, -0.2) is 67.9 Å². The number of anilines is 1. The van der Waals surface area contributed by atoms with Crippen molar-refractivity contribution in [3.05, 3.63) is 90.3 Å². The van der Waals surface area contributed by atoms with Gasteiger partial charge >= 0.3 is 5.97 Å². The Morgan fingerprint density at radius 1 is 0.900 bits per heavy atom. The minimum Gasteiger partial charge on any atom is -0.369 e. The van der Waals surface area contributed by atoms with Crippen molar-refractivity contribution in [3.63, 3.8) is 0 Å². The van der Waals surface area contributed by atoms with Crippen LogP contribution in [0.25, 0.3) is 11.0 Å². The molecule has 0 bridgehead atoms. The van der Waals surface area contributed by atoms with Crippen molar-refractivity contribution in [1.29, 1.82) is 0 Å². The van der Waals surface area contributed by atoms with Crippen LogP contribution in [0.2, 0.25) is 0 Å². The monoisotopic (exact) mass is 562 g/mol. The summed E-state index contributed by atoms with van der Waals surface area (Å²) in [4.78, 5) is 43.5. The first kappa shape index (κ1) is 27.3. The molecular formula is C28H30N6O5S. The fourth-order valence-electron chi connectivity index (χ4n) is 4.46. The summed E-state index contributed by atoms with van der Waals surface area (Å²) in [6.45, 7) is 4.30. The number of aromatic amines is 1. The van der Waals surface area contributed by atoms with Gasteiger partial charge in [0.1, 0.15) is 5.82 Å². The highest BCUT2D eigenvalue weighted by atomic mass is 32.2. The van der Waals surface area contributed by atoms with Gasteiger partial charge < -0.3 is 20.0 Å². The number of rotatable bonds is 10. The van der Waals surface area contributed by atoms with Crippen LogP contribution in [-0.2, 0) is 26.2 Å². The smallest absolute Gasteiger partial charge is 0.327 e. The van der Waals surface area contributed by atoms with E-state index in [0.29, 0.717) is 5.56 Å². The van der Waals surface area contributed by atoms with Gasteiger partial charge in [-0.25, -0.2) is 13.4 Å². The summed E-state index contributed by atoms with van der Waals surface area (Å²) < 4.78 is 24.2. The van der Waals surface area contributed by atoms with Gasteiger partial charge in [0.2, 0.25) is 0 Å². The van der Waals surface area contributed by atoms with Crippen LogP contribution in [0.4, 0.5) is 5.69 Å². The number of H-pyrrole nitrogens is 1. The number of carbonyl (C=O) groups excluding carboxylic acids is 2. The summed E-state index contributed by atoms with van der Waals surface area (Å²) in [7, 11) is -3.97. The molecule has 1 amide bonds. The Balaban J connectivity index is 1.03. The molecule has 5 rings (SSSR count). The molecule has 4 aromatic rings. The Morgan fingerprint density at radius 2 is 1.60 bits per heavy atom. The molecule has 2 heterocycles. The molecule has 1 aliphatic heterocycles. The maximum absolute atomic E-state index is 12.5. The van der Waals surface area contributed by atoms with Gasteiger partial charge in [0.25, 0.3) is 15.9 Å². The minimum atomic E-state index is -3.97. The molecule has 12 heteroatoms. The highest BCUT2D eigenvalue weighted by molar-refractivity contribution is 7.89. The van der Waals surface area contributed by atoms with E-state index >= 15 is 0 Å². The summed E-state index contributed by atoms with van der Waals surface area (Å²) in [5, 5.41) is 2.65. The van der Waals surface area contributed by atoms with Crippen LogP contribution in [0.3, 0.4) is 0 Å². The summed E-state index contributed by atoms with van der Waals surface area (Å²) in [6.07, 6.45) is -0.195. The molecule has 0 radical (unpaired) electrons. The Morgan fingerprint density at radius 3 is 2.33 bits per heavy atom. The number of amides is 1. The minimum absolute atomic E-state index is 0.000325. The molecular weight excluding hydrogens is 532 g/mol. The van der Waals surface area contributed by atoms with E-state index in [0.717, 1.165) is 55.3 Å². The lowest BCUT2D eigenvalue weighted by Gasteiger charge is -2.35. The Bertz CT molecular complexity index is 1530. The van der Waals surface area contributed by atoms with Crippen molar-refractivity contribution < 1.29 is 22.8 Å². The van der Waals surface area contributed by atoms with Gasteiger partial charge in [-0.2, -0.15) is 0 Å². The Labute approximate surface area is 232 Å². The number of sulfonamides is 1. The third kappa shape index (κ3) is 6.84. The van der Waals surface area contributed by atoms with E-state index in [4.69, 9.17) is 0 Å². The molecule has 0 atom stereocenters. The van der Waals surface area contributed by atoms with Crippen molar-refractivity contribution >= 4 is 38.6 Å². The molecule has 3 N–H and O–H groups in total. The molecule has 0 unspecified atom stereocenters. The summed E-state index contributed by atoms with van der Waals surface area (Å²) in [6, 6.07) is 22.9. The fourth-order valence-corrected chi connectivity index (χ4v) is 5.27. The summed E-state index contributed by atoms with van der Waals surface area (Å²) in [5.74, 6) is -0.179. The van der Waals surface area contributed by atoms with Crippen LogP contribution in [0.5, 0.6) is 0 Å². The Hall–Kier alpha value is -4.26. The van der Waals surface area contributed by atoms with Gasteiger partial charge in [0.15, 0.2) is 0 Å². The number of carbonyl (C=O) groups is 2. The number of imidazole rings is 1. The van der Waals surface area contributed by atoms with E-state index in [9.17, 15) is 18.0 Å². The van der Waals surface area contributed by atoms with Crippen LogP contribution in [0.15, 0.2) is 83.8 Å². The quantitative estimate of drug-likeness (QED) is 0.251. The average molecular weight is 563 g/mol. The number of benzene rings is 3. The highest BCUT2D eigenvalue weighted by Gasteiger charge is 2.19. The lowest BCUT2D eigenvalue weighted by atomic mass is 10.1. The first-order valence-electron chi connectivity index (χ1n) is 12.9. The highest BCUT2D eigenvalue weighted by Crippen LogP contribution is 2.19. The molecule has 40 heavy (non-hydrogen) atoms. The summed E-state index contributed by atoms with van der Waals surface area (Å²) in [5.41, 5.74) is 3.53. The average Bonchev–Trinajstić information content (AvgIpc) is 3.39. The van der Waals surface area contributed by atoms with Gasteiger partial charge in [-0.3, -0.25) is 14.5 Å². The predicted molar refractivity (Wildman–Crippen MR) is 150 cm³/mol. The second-order valence-corrected chi connectivity index (χ2v) is 11.0. The molecule has 0 aliphatic carbocycles. The van der Waals surface area contributed by atoms with Crippen molar-refractivity contribution in [2.75, 3.05) is 37.6 Å². The van der Waals surface area contributed by atoms with E-state index in [-0.39, 0.29) is 23.8 Å². The first-order valence-corrected chi connectivity index (χ1v) is 14.4. The van der Waals surface area contributed by atoms with Crippen molar-refractivity contribution in [3.8, 4) is 0 Å². The van der Waals surface area contributed by atoms with Gasteiger partial charge in [0.05, 0.1) is 28.9 Å². The first-order chi connectivity index (χ1) is 19.4. The van der Waals surface area contributed by atoms with Crippen LogP contribution in [0, 0.1) is 0 Å². The zero-order valence-electron chi connectivity index (χ0n) is 21.7. The maximum atomic E-state index is 12.5. The largest absolute Gasteiger partial charge is 0.369 e. The molecule has 1 aliphatic rings. The number of hydrogen-bond donors (Lipinski definition) is 3. The van der Waals surface area contributed by atoms with E-state index in [2.05, 4.69) is 29.9 Å². The second kappa shape index (κ2) is 12.3. The second-order valence-electron chi connectivity index (χ2n) is 9.39. The maximum Gasteiger partial charge on any atom is 0.327 e. The SMILES string of the molecule is O=C(CCNC(=O)c1ccc(N2CCN(Cc3nc4ccccc4[nH]3)CC2)cc1)ONS(=O)(=O)c1ccccc1. The molecule has 1 fully saturated rings. The lowest BCUT2D eigenvalue weighted by molar-refractivity contribution is -0.146. The van der Waals surface area contributed by atoms with Crippen molar-refractivity contribution in [1.82, 2.24) is 25.1 Å². The van der Waals surface area contributed by atoms with Crippen molar-refractivity contribution in [2.24, 2.45) is 0 Å². The van der Waals surface area contributed by atoms with E-state index in [1.807, 2.05) is 36.4 Å². The number of fused-ring (bicyclic) bond motifs is 1. The molecule has 0 spiro atoms. The van der Waals surface area contributed by atoms with Gasteiger partial charge in [0, 0.05) is 44.0 Å². The third-order valence-corrected chi connectivity index (χ3v) is 7.81. The normalized spacial score (nSPS) is 14.2. The molecule has 1 aromatic heterocycles. The fraction of sp³-hybridized carbons (Fsp3) is 0.250. The standard InChI is InChI=1S/C28H30N6O5S/c35-27(39-32-40(37,38)23-6-2-1-3-7-23)14-15-29-28(36)21-10-12-22(13-11-21)34-18-16-33(17-19-34)20-26-30-24-8-4-5-9-25(24)31-26/h1-13,32H,14-20H2,(H,29,36)(H,30,31). The van der Waals surface area contributed by atoms with Crippen LogP contribution in [0.1, 0.15) is 22.6 Å². The predicted octanol–water partition coefficient (Wildman–Crippen LogP) is 2.44. The molecule has 1 saturated heterocycles.